The van der Waals surface area contributed by atoms with Crippen molar-refractivity contribution < 1.29 is 0 Å². The number of benzene rings is 2. The summed E-state index contributed by atoms with van der Waals surface area (Å²) in [5, 5.41) is 25.6. The number of hydrogen-bond donors (Lipinski definition) is 4. The highest BCUT2D eigenvalue weighted by atomic mass is 32.2. The number of rotatable bonds is 8. The molecule has 5 rings (SSSR count). The first kappa shape index (κ1) is 19.3. The minimum absolute atomic E-state index is 0.564. The molecule has 0 bridgehead atoms. The molecule has 0 amide bonds. The van der Waals surface area contributed by atoms with Crippen LogP contribution in [0.5, 0.6) is 0 Å². The Bertz CT molecular complexity index is 970. The molecule has 1 aliphatic heterocycles. The second kappa shape index (κ2) is 8.57. The molecule has 0 radical (unpaired) electrons. The maximum Gasteiger partial charge on any atom is 0.206 e. The minimum atomic E-state index is 0.564. The fourth-order valence-corrected chi connectivity index (χ4v) is 5.80. The van der Waals surface area contributed by atoms with E-state index in [0.717, 1.165) is 50.5 Å². The van der Waals surface area contributed by atoms with Crippen LogP contribution in [0.2, 0.25) is 0 Å². The van der Waals surface area contributed by atoms with Crippen LogP contribution < -0.4 is 15.2 Å². The molecule has 0 spiro atoms. The molecule has 2 fully saturated rings. The summed E-state index contributed by atoms with van der Waals surface area (Å²) in [6, 6.07) is 12.8. The molecule has 5 N–H and O–H groups in total. The maximum atomic E-state index is 6.13. The van der Waals surface area contributed by atoms with Crippen molar-refractivity contribution in [3.63, 3.8) is 0 Å². The van der Waals surface area contributed by atoms with E-state index in [2.05, 4.69) is 67.1 Å². The van der Waals surface area contributed by atoms with Crippen LogP contribution in [0.15, 0.2) is 46.2 Å². The maximum absolute atomic E-state index is 6.13. The van der Waals surface area contributed by atoms with Crippen LogP contribution in [0, 0.1) is 0 Å². The molecular weight excluding hydrogens is 422 g/mol. The number of hydrogen-bond acceptors (Lipinski definition) is 9. The summed E-state index contributed by atoms with van der Waals surface area (Å²) in [6.07, 6.45) is 2.62. The van der Waals surface area contributed by atoms with Gasteiger partial charge in [0.2, 0.25) is 5.82 Å². The molecule has 1 aromatic heterocycles. The molecule has 0 atom stereocenters. The number of nitrogens with zero attached hydrogens (tertiary/aromatic N) is 3. The summed E-state index contributed by atoms with van der Waals surface area (Å²) < 4.78 is 3.44. The first-order chi connectivity index (χ1) is 14.3. The van der Waals surface area contributed by atoms with E-state index in [9.17, 15) is 0 Å². The van der Waals surface area contributed by atoms with Gasteiger partial charge in [-0.2, -0.15) is 5.21 Å². The van der Waals surface area contributed by atoms with Gasteiger partial charge in [-0.25, -0.2) is 0 Å². The normalized spacial score (nSPS) is 16.6. The zero-order valence-corrected chi connectivity index (χ0v) is 18.0. The van der Waals surface area contributed by atoms with Crippen molar-refractivity contribution in [1.29, 1.82) is 0 Å². The standard InChI is InChI=1S/C19H21N7S3/c20-28-18-16(27-14-9-21-10-14)8-7-15(17(18)19-22-25-26-23-19)11-1-3-12(4-2-11)24-29-13-5-6-13/h1-4,7-8,13-14,21,24H,5-6,9-10,20H2,(H,22,23,25,26). The van der Waals surface area contributed by atoms with E-state index in [1.54, 1.807) is 0 Å². The summed E-state index contributed by atoms with van der Waals surface area (Å²) in [5.74, 6) is 0.564. The Balaban J connectivity index is 1.51. The van der Waals surface area contributed by atoms with E-state index in [4.69, 9.17) is 5.14 Å². The van der Waals surface area contributed by atoms with E-state index >= 15 is 0 Å². The number of nitrogens with one attached hydrogen (secondary N) is 3. The van der Waals surface area contributed by atoms with Crippen LogP contribution in [-0.4, -0.2) is 44.2 Å². The highest BCUT2D eigenvalue weighted by molar-refractivity contribution is 8.02. The fraction of sp³-hybridized carbons (Fsp3) is 0.316. The molecule has 2 aliphatic rings. The summed E-state index contributed by atoms with van der Waals surface area (Å²) in [7, 11) is 0. The van der Waals surface area contributed by atoms with Crippen LogP contribution in [0.4, 0.5) is 5.69 Å². The largest absolute Gasteiger partial charge is 0.330 e. The number of anilines is 1. The van der Waals surface area contributed by atoms with E-state index < -0.39 is 0 Å². The molecule has 2 aromatic carbocycles. The van der Waals surface area contributed by atoms with Crippen molar-refractivity contribution in [1.82, 2.24) is 25.9 Å². The Morgan fingerprint density at radius 1 is 1.03 bits per heavy atom. The third-order valence-corrected chi connectivity index (χ3v) is 8.12. The number of aromatic amines is 1. The van der Waals surface area contributed by atoms with E-state index in [1.165, 1.54) is 24.8 Å². The minimum Gasteiger partial charge on any atom is -0.330 e. The van der Waals surface area contributed by atoms with Gasteiger partial charge in [0.1, 0.15) is 0 Å². The van der Waals surface area contributed by atoms with Gasteiger partial charge in [0.15, 0.2) is 0 Å². The topological polar surface area (TPSA) is 105 Å². The molecule has 10 heteroatoms. The lowest BCUT2D eigenvalue weighted by Crippen LogP contribution is -2.44. The Kier molecular flexibility index (Phi) is 5.69. The van der Waals surface area contributed by atoms with Crippen molar-refractivity contribution in [2.24, 2.45) is 5.14 Å². The fourth-order valence-electron chi connectivity index (χ4n) is 3.08. The first-order valence-electron chi connectivity index (χ1n) is 9.49. The quantitative estimate of drug-likeness (QED) is 0.387. The van der Waals surface area contributed by atoms with Gasteiger partial charge >= 0.3 is 0 Å². The Hall–Kier alpha value is -1.72. The second-order valence-corrected chi connectivity index (χ2v) is 10.2. The molecule has 1 aliphatic carbocycles. The van der Waals surface area contributed by atoms with Gasteiger partial charge in [-0.1, -0.05) is 18.2 Å². The number of tetrazole rings is 1. The summed E-state index contributed by atoms with van der Waals surface area (Å²) >= 11 is 4.91. The van der Waals surface area contributed by atoms with Crippen LogP contribution >= 0.6 is 35.7 Å². The third kappa shape index (κ3) is 4.26. The average Bonchev–Trinajstić information content (AvgIpc) is 3.40. The van der Waals surface area contributed by atoms with Gasteiger partial charge in [-0.15, -0.1) is 22.0 Å². The van der Waals surface area contributed by atoms with Crippen molar-refractivity contribution >= 4 is 41.3 Å². The molecule has 29 heavy (non-hydrogen) atoms. The molecule has 1 saturated carbocycles. The molecular formula is C19H21N7S3. The van der Waals surface area contributed by atoms with Gasteiger partial charge in [-0.3, -0.25) is 5.14 Å². The predicted octanol–water partition coefficient (Wildman–Crippen LogP) is 3.79. The van der Waals surface area contributed by atoms with Crippen molar-refractivity contribution in [3.8, 4) is 22.5 Å². The lowest BCUT2D eigenvalue weighted by molar-refractivity contribution is 0.543. The average molecular weight is 444 g/mol. The monoisotopic (exact) mass is 443 g/mol. The van der Waals surface area contributed by atoms with Crippen LogP contribution in [-0.2, 0) is 0 Å². The smallest absolute Gasteiger partial charge is 0.206 e. The zero-order valence-electron chi connectivity index (χ0n) is 15.6. The van der Waals surface area contributed by atoms with Crippen molar-refractivity contribution in [2.75, 3.05) is 17.8 Å². The van der Waals surface area contributed by atoms with Gasteiger partial charge < -0.3 is 10.0 Å². The molecule has 3 aromatic rings. The third-order valence-electron chi connectivity index (χ3n) is 4.91. The second-order valence-electron chi connectivity index (χ2n) is 7.06. The Morgan fingerprint density at radius 3 is 2.48 bits per heavy atom. The van der Waals surface area contributed by atoms with Crippen molar-refractivity contribution in [3.05, 3.63) is 36.4 Å². The summed E-state index contributed by atoms with van der Waals surface area (Å²) in [6.45, 7) is 2.04. The Labute approximate surface area is 182 Å². The van der Waals surface area contributed by atoms with Crippen molar-refractivity contribution in [2.45, 2.75) is 33.1 Å². The van der Waals surface area contributed by atoms with Crippen LogP contribution in [0.3, 0.4) is 0 Å². The Morgan fingerprint density at radius 2 is 1.86 bits per heavy atom. The number of thioether (sulfide) groups is 1. The molecule has 2 heterocycles. The lowest BCUT2D eigenvalue weighted by Gasteiger charge is -2.27. The van der Waals surface area contributed by atoms with E-state index in [-0.39, 0.29) is 0 Å². The van der Waals surface area contributed by atoms with Gasteiger partial charge in [0.25, 0.3) is 0 Å². The van der Waals surface area contributed by atoms with Gasteiger partial charge in [0, 0.05) is 44.6 Å². The van der Waals surface area contributed by atoms with Gasteiger partial charge in [-0.05, 0) is 71.3 Å². The van der Waals surface area contributed by atoms with E-state index in [1.807, 2.05) is 23.7 Å². The number of aromatic nitrogens is 4. The van der Waals surface area contributed by atoms with Gasteiger partial charge in [0.05, 0.1) is 0 Å². The SMILES string of the molecule is NSc1c(SC2CNC2)ccc(-c2ccc(NSC3CC3)cc2)c1-c1nn[nH]n1. The summed E-state index contributed by atoms with van der Waals surface area (Å²) in [5.41, 5.74) is 4.20. The lowest BCUT2D eigenvalue weighted by atomic mass is 9.99. The first-order valence-corrected chi connectivity index (χ1v) is 12.1. The van der Waals surface area contributed by atoms with E-state index in [0.29, 0.717) is 11.1 Å². The molecule has 150 valence electrons. The number of nitrogens with two attached hydrogens (primary N) is 1. The predicted molar refractivity (Wildman–Crippen MR) is 122 cm³/mol. The summed E-state index contributed by atoms with van der Waals surface area (Å²) in [4.78, 5) is 2.15. The van der Waals surface area contributed by atoms with Crippen LogP contribution in [0.1, 0.15) is 12.8 Å². The molecule has 0 unspecified atom stereocenters. The highest BCUT2D eigenvalue weighted by Crippen LogP contribution is 2.43. The zero-order chi connectivity index (χ0) is 19.6. The molecule has 7 nitrogen and oxygen atoms in total. The molecule has 1 saturated heterocycles. The highest BCUT2D eigenvalue weighted by Gasteiger charge is 2.24. The van der Waals surface area contributed by atoms with Crippen LogP contribution in [0.25, 0.3) is 22.5 Å². The number of H-pyrrole nitrogens is 1.